The molecule has 0 rings (SSSR count). The molecule has 0 spiro atoms. The van der Waals surface area contributed by atoms with E-state index in [-0.39, 0.29) is 25.7 Å². The topological polar surface area (TPSA) is 237 Å². The number of rotatable bonds is 83. The number of carbonyl (C=O) groups is 4. The normalized spacial score (nSPS) is 13.9. The lowest BCUT2D eigenvalue weighted by Crippen LogP contribution is -2.30. The van der Waals surface area contributed by atoms with Crippen LogP contribution >= 0.6 is 15.6 Å². The highest BCUT2D eigenvalue weighted by molar-refractivity contribution is 7.47. The zero-order valence-electron chi connectivity index (χ0n) is 67.6. The summed E-state index contributed by atoms with van der Waals surface area (Å²) >= 11 is 0. The van der Waals surface area contributed by atoms with Crippen molar-refractivity contribution in [2.45, 2.75) is 464 Å². The predicted molar refractivity (Wildman–Crippen MR) is 423 cm³/mol. The van der Waals surface area contributed by atoms with Crippen LogP contribution in [0.2, 0.25) is 0 Å². The Hall–Kier alpha value is -1.94. The van der Waals surface area contributed by atoms with E-state index in [1.807, 2.05) is 0 Å². The number of carbonyl (C=O) groups excluding carboxylic acids is 4. The fourth-order valence-electron chi connectivity index (χ4n) is 13.1. The monoisotopic (exact) mass is 1510 g/mol. The molecule has 17 nitrogen and oxygen atoms in total. The molecule has 0 aromatic heterocycles. The summed E-state index contributed by atoms with van der Waals surface area (Å²) < 4.78 is 68.8. The van der Waals surface area contributed by atoms with E-state index in [1.165, 1.54) is 257 Å². The number of unbranched alkanes of at least 4 members (excludes halogenated alkanes) is 53. The first-order chi connectivity index (χ1) is 49.9. The summed E-state index contributed by atoms with van der Waals surface area (Å²) in [6.07, 6.45) is 66.8. The van der Waals surface area contributed by atoms with Gasteiger partial charge in [-0.15, -0.1) is 0 Å². The van der Waals surface area contributed by atoms with Crippen molar-refractivity contribution in [2.24, 2.45) is 11.8 Å². The molecule has 0 aliphatic rings. The molecule has 0 aliphatic carbocycles. The third-order valence-electron chi connectivity index (χ3n) is 19.7. The Morgan fingerprint density at radius 2 is 0.447 bits per heavy atom. The number of esters is 4. The molecule has 19 heteroatoms. The van der Waals surface area contributed by atoms with Crippen molar-refractivity contribution >= 4 is 39.5 Å². The number of aliphatic hydroxyl groups is 1. The lowest BCUT2D eigenvalue weighted by molar-refractivity contribution is -0.161. The Balaban J connectivity index is 5.21. The van der Waals surface area contributed by atoms with E-state index in [2.05, 4.69) is 41.5 Å². The molecule has 2 unspecified atom stereocenters. The Labute approximate surface area is 632 Å². The molecular formula is C84H164O17P2. The van der Waals surface area contributed by atoms with Crippen molar-refractivity contribution in [3.63, 3.8) is 0 Å². The smallest absolute Gasteiger partial charge is 0.462 e. The third-order valence-corrected chi connectivity index (χ3v) is 21.6. The molecule has 0 saturated heterocycles. The summed E-state index contributed by atoms with van der Waals surface area (Å²) in [7, 11) is -9.92. The minimum Gasteiger partial charge on any atom is -0.462 e. The van der Waals surface area contributed by atoms with E-state index in [0.29, 0.717) is 31.6 Å². The summed E-state index contributed by atoms with van der Waals surface area (Å²) in [5.41, 5.74) is 0. The summed E-state index contributed by atoms with van der Waals surface area (Å²) in [6.45, 7) is 9.62. The number of hydrogen-bond acceptors (Lipinski definition) is 15. The van der Waals surface area contributed by atoms with Crippen LogP contribution in [0.25, 0.3) is 0 Å². The fraction of sp³-hybridized carbons (Fsp3) is 0.952. The molecule has 0 radical (unpaired) electrons. The van der Waals surface area contributed by atoms with Crippen LogP contribution in [0.4, 0.5) is 0 Å². The standard InChI is InChI=1S/C84H164O17P2/c1-7-9-11-13-15-17-19-21-23-24-25-26-27-28-29-30-36-40-44-50-57-63-69-83(88)100-79(72-94-81(86)66-60-54-48-42-38-35-32-31-33-37-41-46-52-58-64-76(3)4)74-98-102(90,91)96-70-78(85)71-97-103(92,93)99-75-80(73-95-82(87)67-61-55-51-45-47-53-59-65-77(5)6)101-84(89)68-62-56-49-43-39-34-22-20-18-16-14-12-10-8-2/h76-80,85H,7-75H2,1-6H3,(H,90,91)(H,92,93)/t78-,79-,80-/m1/s1. The first-order valence-electron chi connectivity index (χ1n) is 43.5. The molecule has 0 bridgehead atoms. The maximum atomic E-state index is 13.1. The number of ether oxygens (including phenoxy) is 4. The van der Waals surface area contributed by atoms with Crippen LogP contribution in [0.1, 0.15) is 446 Å². The van der Waals surface area contributed by atoms with Gasteiger partial charge < -0.3 is 33.8 Å². The number of phosphoric ester groups is 2. The molecule has 0 aliphatic heterocycles. The van der Waals surface area contributed by atoms with E-state index in [0.717, 1.165) is 102 Å². The minimum absolute atomic E-state index is 0.107. The van der Waals surface area contributed by atoms with Crippen molar-refractivity contribution in [1.82, 2.24) is 0 Å². The van der Waals surface area contributed by atoms with Gasteiger partial charge >= 0.3 is 39.5 Å². The van der Waals surface area contributed by atoms with Gasteiger partial charge in [0, 0.05) is 25.7 Å². The molecular weight excluding hydrogens is 1340 g/mol. The maximum Gasteiger partial charge on any atom is 0.472 e. The van der Waals surface area contributed by atoms with Crippen molar-refractivity contribution in [1.29, 1.82) is 0 Å². The van der Waals surface area contributed by atoms with E-state index in [1.54, 1.807) is 0 Å². The Kier molecular flexibility index (Phi) is 74.1. The molecule has 0 amide bonds. The third kappa shape index (κ3) is 78.0. The maximum absolute atomic E-state index is 13.1. The first kappa shape index (κ1) is 101. The van der Waals surface area contributed by atoms with Gasteiger partial charge in [0.2, 0.25) is 0 Å². The second kappa shape index (κ2) is 75.5. The van der Waals surface area contributed by atoms with Crippen LogP contribution in [-0.4, -0.2) is 96.7 Å². The second-order valence-corrected chi connectivity index (χ2v) is 34.1. The Bertz CT molecular complexity index is 1980. The van der Waals surface area contributed by atoms with E-state index >= 15 is 0 Å². The van der Waals surface area contributed by atoms with Crippen molar-refractivity contribution in [3.05, 3.63) is 0 Å². The molecule has 3 N–H and O–H groups in total. The quantitative estimate of drug-likeness (QED) is 0.0222. The van der Waals surface area contributed by atoms with Crippen molar-refractivity contribution in [3.8, 4) is 0 Å². The average molecular weight is 1510 g/mol. The van der Waals surface area contributed by atoms with Gasteiger partial charge in [-0.1, -0.05) is 395 Å². The zero-order chi connectivity index (χ0) is 75.6. The number of hydrogen-bond donors (Lipinski definition) is 3. The van der Waals surface area contributed by atoms with Gasteiger partial charge in [0.1, 0.15) is 19.3 Å². The molecule has 0 aromatic carbocycles. The fourth-order valence-corrected chi connectivity index (χ4v) is 14.6. The van der Waals surface area contributed by atoms with Crippen LogP contribution in [0.3, 0.4) is 0 Å². The number of aliphatic hydroxyl groups excluding tert-OH is 1. The van der Waals surface area contributed by atoms with Crippen LogP contribution in [-0.2, 0) is 65.4 Å². The lowest BCUT2D eigenvalue weighted by Gasteiger charge is -2.21. The van der Waals surface area contributed by atoms with Crippen molar-refractivity contribution < 1.29 is 80.2 Å². The summed E-state index contributed by atoms with van der Waals surface area (Å²) in [5, 5.41) is 10.7. The molecule has 612 valence electrons. The van der Waals surface area contributed by atoms with E-state index < -0.39 is 97.5 Å². The number of phosphoric acid groups is 2. The Morgan fingerprint density at radius 3 is 0.660 bits per heavy atom. The van der Waals surface area contributed by atoms with E-state index in [4.69, 9.17) is 37.0 Å². The van der Waals surface area contributed by atoms with Gasteiger partial charge in [-0.3, -0.25) is 37.3 Å². The highest BCUT2D eigenvalue weighted by atomic mass is 31.2. The minimum atomic E-state index is -4.96. The highest BCUT2D eigenvalue weighted by Gasteiger charge is 2.30. The lowest BCUT2D eigenvalue weighted by atomic mass is 10.0. The second-order valence-electron chi connectivity index (χ2n) is 31.2. The van der Waals surface area contributed by atoms with Crippen LogP contribution in [0.15, 0.2) is 0 Å². The first-order valence-corrected chi connectivity index (χ1v) is 46.5. The predicted octanol–water partition coefficient (Wildman–Crippen LogP) is 25.5. The molecule has 0 saturated carbocycles. The largest absolute Gasteiger partial charge is 0.472 e. The summed E-state index contributed by atoms with van der Waals surface area (Å²) in [5.74, 6) is -0.602. The van der Waals surface area contributed by atoms with Crippen LogP contribution < -0.4 is 0 Å². The highest BCUT2D eigenvalue weighted by Crippen LogP contribution is 2.45. The SMILES string of the molecule is CCCCCCCCCCCCCCCCCCCCCCCCC(=O)O[C@H](COC(=O)CCCCCCCCCCCCCCCCC(C)C)COP(=O)(O)OC[C@@H](O)COP(=O)(O)OC[C@@H](COC(=O)CCCCCCCCCC(C)C)OC(=O)CCCCCCCCCCCCCCCC. The molecule has 0 heterocycles. The van der Waals surface area contributed by atoms with Gasteiger partial charge in [-0.2, -0.15) is 0 Å². The van der Waals surface area contributed by atoms with Crippen LogP contribution in [0.5, 0.6) is 0 Å². The molecule has 0 fully saturated rings. The summed E-state index contributed by atoms with van der Waals surface area (Å²) in [6, 6.07) is 0. The van der Waals surface area contributed by atoms with Gasteiger partial charge in [-0.05, 0) is 37.5 Å². The Morgan fingerprint density at radius 1 is 0.262 bits per heavy atom. The summed E-state index contributed by atoms with van der Waals surface area (Å²) in [4.78, 5) is 73.1. The van der Waals surface area contributed by atoms with Gasteiger partial charge in [0.25, 0.3) is 0 Å². The van der Waals surface area contributed by atoms with Gasteiger partial charge in [0.15, 0.2) is 12.2 Å². The molecule has 5 atom stereocenters. The van der Waals surface area contributed by atoms with Crippen LogP contribution in [0, 0.1) is 11.8 Å². The van der Waals surface area contributed by atoms with Gasteiger partial charge in [-0.25, -0.2) is 9.13 Å². The molecule has 103 heavy (non-hydrogen) atoms. The van der Waals surface area contributed by atoms with Crippen molar-refractivity contribution in [2.75, 3.05) is 39.6 Å². The average Bonchev–Trinajstić information content (AvgIpc) is 1.06. The van der Waals surface area contributed by atoms with E-state index in [9.17, 15) is 43.2 Å². The zero-order valence-corrected chi connectivity index (χ0v) is 69.4. The van der Waals surface area contributed by atoms with Gasteiger partial charge in [0.05, 0.1) is 26.4 Å². The molecule has 0 aromatic rings.